The molecule has 2 heteroatoms. The van der Waals surface area contributed by atoms with Crippen LogP contribution in [0.4, 0.5) is 0 Å². The van der Waals surface area contributed by atoms with Crippen LogP contribution in [0.1, 0.15) is 88.5 Å². The van der Waals surface area contributed by atoms with E-state index in [1.165, 1.54) is 12.8 Å². The lowest BCUT2D eigenvalue weighted by atomic mass is 9.90. The molecule has 0 radical (unpaired) electrons. The predicted molar refractivity (Wildman–Crippen MR) is 131 cm³/mol. The van der Waals surface area contributed by atoms with E-state index in [-0.39, 0.29) is 11.7 Å². The summed E-state index contributed by atoms with van der Waals surface area (Å²) in [6, 6.07) is 0. The Balaban J connectivity index is 0. The fourth-order valence-corrected chi connectivity index (χ4v) is 2.19. The molecule has 0 N–H and O–H groups in total. The molecule has 0 aliphatic rings. The van der Waals surface area contributed by atoms with E-state index in [1.54, 1.807) is 0 Å². The van der Waals surface area contributed by atoms with Crippen LogP contribution in [0.3, 0.4) is 0 Å². The molecule has 0 saturated heterocycles. The highest BCUT2D eigenvalue weighted by molar-refractivity contribution is 5.11. The molecule has 0 heterocycles. The minimum Gasteiger partial charge on any atom is -0.488 e. The molecule has 2 nitrogen and oxygen atoms in total. The van der Waals surface area contributed by atoms with E-state index in [1.807, 2.05) is 71.1 Å². The van der Waals surface area contributed by atoms with Crippen molar-refractivity contribution < 1.29 is 9.47 Å². The first-order valence-electron chi connectivity index (χ1n) is 11.0. The maximum atomic E-state index is 5.90. The van der Waals surface area contributed by atoms with E-state index in [4.69, 9.17) is 9.47 Å². The van der Waals surface area contributed by atoms with Gasteiger partial charge in [0, 0.05) is 6.42 Å². The van der Waals surface area contributed by atoms with E-state index in [0.29, 0.717) is 5.41 Å². The van der Waals surface area contributed by atoms with Gasteiger partial charge < -0.3 is 9.47 Å². The van der Waals surface area contributed by atoms with Gasteiger partial charge in [-0.25, -0.2) is 0 Å². The number of rotatable bonds is 11. The van der Waals surface area contributed by atoms with Crippen molar-refractivity contribution in [2.24, 2.45) is 5.41 Å². The average Bonchev–Trinajstić information content (AvgIpc) is 2.59. The van der Waals surface area contributed by atoms with Crippen LogP contribution in [0.5, 0.6) is 0 Å². The highest BCUT2D eigenvalue weighted by atomic mass is 16.5. The lowest BCUT2D eigenvalue weighted by Crippen LogP contribution is -2.26. The van der Waals surface area contributed by atoms with Gasteiger partial charge in [0.05, 0.1) is 12.7 Å². The summed E-state index contributed by atoms with van der Waals surface area (Å²) in [6.45, 7) is 21.8. The maximum Gasteiger partial charge on any atom is 0.115 e. The molecule has 0 aromatic heterocycles. The quantitative estimate of drug-likeness (QED) is 0.253. The van der Waals surface area contributed by atoms with Crippen LogP contribution in [-0.4, -0.2) is 18.3 Å². The fourth-order valence-electron chi connectivity index (χ4n) is 2.19. The lowest BCUT2D eigenvalue weighted by molar-refractivity contribution is -0.00842. The van der Waals surface area contributed by atoms with Gasteiger partial charge in [0.25, 0.3) is 0 Å². The Morgan fingerprint density at radius 2 is 1.45 bits per heavy atom. The molecule has 0 saturated carbocycles. The Bertz CT molecular complexity index is 523. The van der Waals surface area contributed by atoms with Gasteiger partial charge in [0.1, 0.15) is 11.4 Å². The third-order valence-electron chi connectivity index (χ3n) is 3.89. The zero-order valence-electron chi connectivity index (χ0n) is 20.9. The molecule has 29 heavy (non-hydrogen) atoms. The molecule has 0 fully saturated rings. The largest absolute Gasteiger partial charge is 0.488 e. The van der Waals surface area contributed by atoms with Gasteiger partial charge in [-0.15, -0.1) is 0 Å². The minimum absolute atomic E-state index is 0.184. The third-order valence-corrected chi connectivity index (χ3v) is 3.89. The van der Waals surface area contributed by atoms with Crippen molar-refractivity contribution in [2.45, 2.75) is 100 Å². The van der Waals surface area contributed by atoms with E-state index in [0.717, 1.165) is 18.8 Å². The van der Waals surface area contributed by atoms with Gasteiger partial charge in [0.15, 0.2) is 0 Å². The molecule has 0 aromatic rings. The second-order valence-corrected chi connectivity index (χ2v) is 9.16. The monoisotopic (exact) mass is 404 g/mol. The second kappa shape index (κ2) is 17.3. The smallest absolute Gasteiger partial charge is 0.115 e. The van der Waals surface area contributed by atoms with Crippen molar-refractivity contribution in [3.05, 3.63) is 60.4 Å². The SMILES string of the molecule is C/C=C\C(=C/C)OC(C)(C)CCOC(C)C.C\C=C/C=C\C=C\CCC(C)(C)C. The summed E-state index contributed by atoms with van der Waals surface area (Å²) < 4.78 is 11.4. The molecular formula is C27H48O2. The van der Waals surface area contributed by atoms with Crippen LogP contribution in [0.15, 0.2) is 60.4 Å². The van der Waals surface area contributed by atoms with E-state index in [2.05, 4.69) is 52.8 Å². The highest BCUT2D eigenvalue weighted by Crippen LogP contribution is 2.21. The molecule has 0 rings (SSSR count). The normalized spacial score (nSPS) is 13.8. The van der Waals surface area contributed by atoms with Gasteiger partial charge in [-0.2, -0.15) is 0 Å². The molecule has 0 aliphatic heterocycles. The first-order valence-corrected chi connectivity index (χ1v) is 11.0. The molecule has 0 bridgehead atoms. The van der Waals surface area contributed by atoms with Crippen LogP contribution in [-0.2, 0) is 9.47 Å². The van der Waals surface area contributed by atoms with Crippen LogP contribution in [0, 0.1) is 5.41 Å². The number of ether oxygens (including phenoxy) is 2. The third kappa shape index (κ3) is 24.4. The Hall–Kier alpha value is -1.54. The van der Waals surface area contributed by atoms with Crippen molar-refractivity contribution in [3.8, 4) is 0 Å². The number of allylic oxidation sites excluding steroid dienone is 9. The Morgan fingerprint density at radius 3 is 1.93 bits per heavy atom. The van der Waals surface area contributed by atoms with Gasteiger partial charge in [-0.05, 0) is 78.9 Å². The van der Waals surface area contributed by atoms with Crippen LogP contribution >= 0.6 is 0 Å². The van der Waals surface area contributed by atoms with Crippen molar-refractivity contribution in [2.75, 3.05) is 6.61 Å². The fraction of sp³-hybridized carbons (Fsp3) is 0.630. The molecule has 0 amide bonds. The Morgan fingerprint density at radius 1 is 0.828 bits per heavy atom. The summed E-state index contributed by atoms with van der Waals surface area (Å²) in [6.07, 6.45) is 22.1. The summed E-state index contributed by atoms with van der Waals surface area (Å²) in [5, 5.41) is 0. The molecule has 0 spiro atoms. The zero-order chi connectivity index (χ0) is 22.8. The highest BCUT2D eigenvalue weighted by Gasteiger charge is 2.19. The first kappa shape index (κ1) is 29.7. The minimum atomic E-state index is -0.184. The summed E-state index contributed by atoms with van der Waals surface area (Å²) in [5.74, 6) is 0.914. The molecular weight excluding hydrogens is 356 g/mol. The van der Waals surface area contributed by atoms with Crippen molar-refractivity contribution in [1.82, 2.24) is 0 Å². The van der Waals surface area contributed by atoms with Gasteiger partial charge >= 0.3 is 0 Å². The molecule has 0 aliphatic carbocycles. The van der Waals surface area contributed by atoms with Crippen molar-refractivity contribution >= 4 is 0 Å². The summed E-state index contributed by atoms with van der Waals surface area (Å²) in [7, 11) is 0. The van der Waals surface area contributed by atoms with Crippen LogP contribution in [0.2, 0.25) is 0 Å². The van der Waals surface area contributed by atoms with Crippen molar-refractivity contribution in [1.29, 1.82) is 0 Å². The van der Waals surface area contributed by atoms with Gasteiger partial charge in [-0.1, -0.05) is 63.3 Å². The lowest BCUT2D eigenvalue weighted by Gasteiger charge is -2.27. The topological polar surface area (TPSA) is 18.5 Å². The van der Waals surface area contributed by atoms with Gasteiger partial charge in [-0.3, -0.25) is 0 Å². The van der Waals surface area contributed by atoms with Crippen LogP contribution < -0.4 is 0 Å². The zero-order valence-corrected chi connectivity index (χ0v) is 20.9. The van der Waals surface area contributed by atoms with E-state index in [9.17, 15) is 0 Å². The van der Waals surface area contributed by atoms with Gasteiger partial charge in [0.2, 0.25) is 0 Å². The summed E-state index contributed by atoms with van der Waals surface area (Å²) in [5.41, 5.74) is 0.271. The predicted octanol–water partition coefficient (Wildman–Crippen LogP) is 8.58. The Labute approximate surface area is 182 Å². The van der Waals surface area contributed by atoms with E-state index >= 15 is 0 Å². The van der Waals surface area contributed by atoms with E-state index < -0.39 is 0 Å². The van der Waals surface area contributed by atoms with Crippen LogP contribution in [0.25, 0.3) is 0 Å². The maximum absolute atomic E-state index is 5.90. The number of hydrogen-bond donors (Lipinski definition) is 0. The number of hydrogen-bond acceptors (Lipinski definition) is 2. The van der Waals surface area contributed by atoms with Crippen molar-refractivity contribution in [3.63, 3.8) is 0 Å². The molecule has 0 aromatic carbocycles. The first-order chi connectivity index (χ1) is 13.5. The molecule has 168 valence electrons. The Kier molecular flexibility index (Phi) is 17.7. The average molecular weight is 405 g/mol. The second-order valence-electron chi connectivity index (χ2n) is 9.16. The standard InChI is InChI=1S/C14H26O2.C13H22/c1-7-9-13(8-2)16-14(5,6)10-11-15-12(3)4;1-5-6-7-8-9-10-11-12-13(2,3)4/h7-9,12H,10-11H2,1-6H3;5-10H,11-12H2,1-4H3/b9-7-,13-8+;6-5-,8-7-,10-9+. The summed E-state index contributed by atoms with van der Waals surface area (Å²) in [4.78, 5) is 0. The molecule has 0 unspecified atom stereocenters. The molecule has 0 atom stereocenters. The summed E-state index contributed by atoms with van der Waals surface area (Å²) >= 11 is 0.